The van der Waals surface area contributed by atoms with Gasteiger partial charge in [-0.05, 0) is 67.5 Å². The van der Waals surface area contributed by atoms with Gasteiger partial charge in [-0.25, -0.2) is 0 Å². The van der Waals surface area contributed by atoms with Crippen LogP contribution in [-0.4, -0.2) is 40.9 Å². The lowest BCUT2D eigenvalue weighted by Crippen LogP contribution is -2.46. The topological polar surface area (TPSA) is 72.7 Å². The highest BCUT2D eigenvalue weighted by atomic mass is 35.5. The Morgan fingerprint density at radius 1 is 1.12 bits per heavy atom. The summed E-state index contributed by atoms with van der Waals surface area (Å²) < 4.78 is 16.7. The molecule has 1 aliphatic heterocycles. The van der Waals surface area contributed by atoms with Crippen LogP contribution in [0, 0.1) is 0 Å². The molecule has 7 nitrogen and oxygen atoms in total. The molecule has 2 aromatic carbocycles. The third kappa shape index (κ3) is 4.54. The SMILES string of the molecule is CCCN1C(=S)NC(c2ccc(OC)c(OC)c2)C(c2nc(-c3ccc(Cl)cc3)no2)=C1C. The van der Waals surface area contributed by atoms with Crippen LogP contribution in [0.2, 0.25) is 5.02 Å². The molecule has 1 unspecified atom stereocenters. The lowest BCUT2D eigenvalue weighted by atomic mass is 9.94. The van der Waals surface area contributed by atoms with Gasteiger partial charge in [0.05, 0.1) is 25.8 Å². The molecule has 9 heteroatoms. The molecule has 2 heterocycles. The number of aromatic nitrogens is 2. The van der Waals surface area contributed by atoms with E-state index in [0.29, 0.717) is 33.3 Å². The fraction of sp³-hybridized carbons (Fsp3) is 0.292. The van der Waals surface area contributed by atoms with E-state index in [1.807, 2.05) is 37.3 Å². The summed E-state index contributed by atoms with van der Waals surface area (Å²) in [5.74, 6) is 2.19. The van der Waals surface area contributed by atoms with Gasteiger partial charge >= 0.3 is 0 Å². The molecule has 0 bridgehead atoms. The molecule has 0 saturated heterocycles. The zero-order chi connectivity index (χ0) is 23.5. The van der Waals surface area contributed by atoms with E-state index in [4.69, 9.17) is 42.8 Å². The molecule has 0 fully saturated rings. The number of benzene rings is 2. The Balaban J connectivity index is 1.82. The zero-order valence-electron chi connectivity index (χ0n) is 18.9. The highest BCUT2D eigenvalue weighted by Crippen LogP contribution is 2.40. The summed E-state index contributed by atoms with van der Waals surface area (Å²) in [6.07, 6.45) is 0.938. The summed E-state index contributed by atoms with van der Waals surface area (Å²) >= 11 is 11.7. The molecule has 3 aromatic rings. The normalized spacial score (nSPS) is 16.1. The van der Waals surface area contributed by atoms with Gasteiger partial charge in [0, 0.05) is 22.8 Å². The monoisotopic (exact) mass is 484 g/mol. The maximum absolute atomic E-state index is 6.02. The van der Waals surface area contributed by atoms with Gasteiger partial charge < -0.3 is 24.2 Å². The largest absolute Gasteiger partial charge is 0.493 e. The predicted octanol–water partition coefficient (Wildman–Crippen LogP) is 5.48. The first-order chi connectivity index (χ1) is 16.0. The first-order valence-electron chi connectivity index (χ1n) is 10.6. The lowest BCUT2D eigenvalue weighted by Gasteiger charge is -2.37. The zero-order valence-corrected chi connectivity index (χ0v) is 20.5. The maximum Gasteiger partial charge on any atom is 0.258 e. The van der Waals surface area contributed by atoms with E-state index < -0.39 is 0 Å². The van der Waals surface area contributed by atoms with E-state index in [0.717, 1.165) is 35.4 Å². The van der Waals surface area contributed by atoms with E-state index in [2.05, 4.69) is 22.3 Å². The number of hydrogen-bond acceptors (Lipinski definition) is 6. The average Bonchev–Trinajstić information content (AvgIpc) is 3.31. The molecule has 0 amide bonds. The van der Waals surface area contributed by atoms with Crippen molar-refractivity contribution in [3.8, 4) is 22.9 Å². The first kappa shape index (κ1) is 23.1. The van der Waals surface area contributed by atoms with Crippen molar-refractivity contribution >= 4 is 34.5 Å². The third-order valence-corrected chi connectivity index (χ3v) is 6.13. The highest BCUT2D eigenvalue weighted by Gasteiger charge is 2.34. The Hall–Kier alpha value is -3.10. The quantitative estimate of drug-likeness (QED) is 0.442. The van der Waals surface area contributed by atoms with Crippen LogP contribution >= 0.6 is 23.8 Å². The van der Waals surface area contributed by atoms with Crippen molar-refractivity contribution in [2.45, 2.75) is 26.3 Å². The Morgan fingerprint density at radius 2 is 1.85 bits per heavy atom. The minimum Gasteiger partial charge on any atom is -0.493 e. The Kier molecular flexibility index (Phi) is 6.85. The number of nitrogens with zero attached hydrogens (tertiary/aromatic N) is 3. The van der Waals surface area contributed by atoms with Gasteiger partial charge in [0.2, 0.25) is 5.82 Å². The van der Waals surface area contributed by atoms with Gasteiger partial charge in [-0.2, -0.15) is 4.98 Å². The number of methoxy groups -OCH3 is 2. The molecular weight excluding hydrogens is 460 g/mol. The number of ether oxygens (including phenoxy) is 2. The molecule has 1 N–H and O–H groups in total. The number of rotatable bonds is 7. The predicted molar refractivity (Wildman–Crippen MR) is 132 cm³/mol. The summed E-state index contributed by atoms with van der Waals surface area (Å²) in [5, 5.41) is 8.96. The molecular formula is C24H25ClN4O3S. The second kappa shape index (κ2) is 9.80. The molecule has 0 spiro atoms. The van der Waals surface area contributed by atoms with Gasteiger partial charge in [0.15, 0.2) is 16.6 Å². The van der Waals surface area contributed by atoms with E-state index >= 15 is 0 Å². The van der Waals surface area contributed by atoms with Crippen molar-refractivity contribution in [1.29, 1.82) is 0 Å². The van der Waals surface area contributed by atoms with Crippen LogP contribution in [0.15, 0.2) is 52.7 Å². The Morgan fingerprint density at radius 3 is 2.52 bits per heavy atom. The van der Waals surface area contributed by atoms with Gasteiger partial charge in [0.1, 0.15) is 0 Å². The molecule has 0 aliphatic carbocycles. The summed E-state index contributed by atoms with van der Waals surface area (Å²) in [6, 6.07) is 12.8. The summed E-state index contributed by atoms with van der Waals surface area (Å²) in [7, 11) is 3.22. The molecule has 1 aromatic heterocycles. The Labute approximate surface area is 203 Å². The highest BCUT2D eigenvalue weighted by molar-refractivity contribution is 7.80. The fourth-order valence-electron chi connectivity index (χ4n) is 3.88. The lowest BCUT2D eigenvalue weighted by molar-refractivity contribution is 0.354. The van der Waals surface area contributed by atoms with Crippen LogP contribution < -0.4 is 14.8 Å². The Bertz CT molecular complexity index is 1190. The molecule has 0 saturated carbocycles. The molecule has 1 aliphatic rings. The van der Waals surface area contributed by atoms with E-state index in [9.17, 15) is 0 Å². The van der Waals surface area contributed by atoms with Crippen molar-refractivity contribution in [2.75, 3.05) is 20.8 Å². The average molecular weight is 485 g/mol. The molecule has 4 rings (SSSR count). The number of hydrogen-bond donors (Lipinski definition) is 1. The smallest absolute Gasteiger partial charge is 0.258 e. The molecule has 33 heavy (non-hydrogen) atoms. The minimum atomic E-state index is -0.302. The van der Waals surface area contributed by atoms with Crippen LogP contribution in [-0.2, 0) is 0 Å². The van der Waals surface area contributed by atoms with Gasteiger partial charge in [0.25, 0.3) is 5.89 Å². The summed E-state index contributed by atoms with van der Waals surface area (Å²) in [5.41, 5.74) is 3.58. The first-order valence-corrected chi connectivity index (χ1v) is 11.4. The minimum absolute atomic E-state index is 0.302. The van der Waals surface area contributed by atoms with Crippen molar-refractivity contribution in [3.63, 3.8) is 0 Å². The van der Waals surface area contributed by atoms with Gasteiger partial charge in [-0.1, -0.05) is 29.7 Å². The van der Waals surface area contributed by atoms with Crippen molar-refractivity contribution in [2.24, 2.45) is 0 Å². The second-order valence-corrected chi connectivity index (χ2v) is 8.40. The standard InChI is InChI=1S/C24H25ClN4O3S/c1-5-12-29-14(2)20(23-27-22(28-32-23)15-6-9-17(25)10-7-15)21(26-24(29)33)16-8-11-18(30-3)19(13-16)31-4/h6-11,13,21H,5,12H2,1-4H3,(H,26,33). The number of nitrogens with one attached hydrogen (secondary N) is 1. The number of thiocarbonyl (C=S) groups is 1. The maximum atomic E-state index is 6.02. The van der Waals surface area contributed by atoms with Crippen LogP contribution in [0.25, 0.3) is 17.0 Å². The van der Waals surface area contributed by atoms with E-state index in [1.165, 1.54) is 0 Å². The van der Waals surface area contributed by atoms with Gasteiger partial charge in [-0.15, -0.1) is 0 Å². The van der Waals surface area contributed by atoms with E-state index in [-0.39, 0.29) is 6.04 Å². The molecule has 172 valence electrons. The fourth-order valence-corrected chi connectivity index (χ4v) is 4.35. The van der Waals surface area contributed by atoms with Gasteiger partial charge in [-0.3, -0.25) is 0 Å². The van der Waals surface area contributed by atoms with Crippen LogP contribution in [0.1, 0.15) is 37.8 Å². The summed E-state index contributed by atoms with van der Waals surface area (Å²) in [4.78, 5) is 6.77. The third-order valence-electron chi connectivity index (χ3n) is 5.54. The van der Waals surface area contributed by atoms with Crippen LogP contribution in [0.4, 0.5) is 0 Å². The van der Waals surface area contributed by atoms with Crippen LogP contribution in [0.3, 0.4) is 0 Å². The van der Waals surface area contributed by atoms with Crippen LogP contribution in [0.5, 0.6) is 11.5 Å². The van der Waals surface area contributed by atoms with Crippen molar-refractivity contribution < 1.29 is 14.0 Å². The molecule has 0 radical (unpaired) electrons. The van der Waals surface area contributed by atoms with Crippen molar-refractivity contribution in [3.05, 3.63) is 64.6 Å². The second-order valence-electron chi connectivity index (χ2n) is 7.58. The van der Waals surface area contributed by atoms with E-state index in [1.54, 1.807) is 26.4 Å². The summed E-state index contributed by atoms with van der Waals surface area (Å²) in [6.45, 7) is 4.91. The number of halogens is 1. The number of allylic oxidation sites excluding steroid dienone is 1. The van der Waals surface area contributed by atoms with Crippen molar-refractivity contribution in [1.82, 2.24) is 20.4 Å². The molecule has 1 atom stereocenters.